The topological polar surface area (TPSA) is 99.9 Å². The van der Waals surface area contributed by atoms with Gasteiger partial charge in [0.15, 0.2) is 0 Å². The minimum absolute atomic E-state index is 0.0144. The average molecular weight is 516 g/mol. The van der Waals surface area contributed by atoms with Crippen molar-refractivity contribution in [3.63, 3.8) is 0 Å². The molecule has 3 fully saturated rings. The van der Waals surface area contributed by atoms with Crippen molar-refractivity contribution in [2.24, 2.45) is 29.1 Å². The first-order chi connectivity index (χ1) is 18.4. The predicted molar refractivity (Wildman–Crippen MR) is 138 cm³/mol. The van der Waals surface area contributed by atoms with E-state index in [0.717, 1.165) is 31.5 Å². The summed E-state index contributed by atoms with van der Waals surface area (Å²) in [6, 6.07) is 5.55. The van der Waals surface area contributed by atoms with Gasteiger partial charge in [0.2, 0.25) is 17.7 Å². The van der Waals surface area contributed by atoms with E-state index < -0.39 is 0 Å². The fourth-order valence-electron chi connectivity index (χ4n) is 7.70. The highest BCUT2D eigenvalue weighted by Gasteiger charge is 2.63. The first kappa shape index (κ1) is 23.6. The largest absolute Gasteiger partial charge is 0.424 e. The number of hydrogen-bond acceptors (Lipinski definition) is 7. The minimum Gasteiger partial charge on any atom is -0.424 e. The van der Waals surface area contributed by atoms with E-state index in [9.17, 15) is 14.4 Å². The van der Waals surface area contributed by atoms with Gasteiger partial charge in [0.05, 0.1) is 29.3 Å². The molecule has 2 bridgehead atoms. The number of aryl methyl sites for hydroxylation is 1. The highest BCUT2D eigenvalue weighted by molar-refractivity contribution is 6.23. The molecule has 2 aliphatic heterocycles. The van der Waals surface area contributed by atoms with Gasteiger partial charge in [-0.15, -0.1) is 10.2 Å². The summed E-state index contributed by atoms with van der Waals surface area (Å²) in [7, 11) is 1.75. The number of aromatic nitrogens is 2. The monoisotopic (exact) mass is 515 g/mol. The first-order valence-corrected chi connectivity index (χ1v) is 13.8. The molecule has 5 aliphatic rings. The second-order valence-corrected chi connectivity index (χ2v) is 11.9. The number of fused-ring (bicyclic) bond motifs is 1. The number of carbonyl (C=O) groups excluding carboxylic acids is 3. The zero-order valence-electron chi connectivity index (χ0n) is 21.9. The first-order valence-electron chi connectivity index (χ1n) is 13.8. The number of allylic oxidation sites excluding steroid dienone is 2. The Bertz CT molecular complexity index is 1360. The van der Waals surface area contributed by atoms with Gasteiger partial charge in [-0.05, 0) is 67.4 Å². The van der Waals surface area contributed by atoms with Gasteiger partial charge in [0, 0.05) is 33.6 Å². The normalized spacial score (nSPS) is 28.5. The van der Waals surface area contributed by atoms with E-state index in [1.54, 1.807) is 24.9 Å². The third-order valence-corrected chi connectivity index (χ3v) is 9.67. The van der Waals surface area contributed by atoms with Crippen LogP contribution in [0.1, 0.15) is 64.6 Å². The van der Waals surface area contributed by atoms with E-state index in [2.05, 4.69) is 27.2 Å². The SMILES string of the molecule is Cc1nnc(CN(C)C(=O)[C@H]2CCCN(c3cccc4c3C(=O)N(C[C@H]3C[C@H]5C=C[C@H]3C53CC3)C4=O)C2)o1. The molecule has 3 aliphatic carbocycles. The van der Waals surface area contributed by atoms with Gasteiger partial charge >= 0.3 is 0 Å². The summed E-state index contributed by atoms with van der Waals surface area (Å²) in [5.74, 6) is 1.79. The summed E-state index contributed by atoms with van der Waals surface area (Å²) >= 11 is 0. The molecule has 2 aromatic rings. The maximum Gasteiger partial charge on any atom is 0.263 e. The molecule has 2 saturated carbocycles. The van der Waals surface area contributed by atoms with Crippen LogP contribution in [0.5, 0.6) is 0 Å². The number of imide groups is 1. The van der Waals surface area contributed by atoms with Crippen LogP contribution in [0.25, 0.3) is 0 Å². The van der Waals surface area contributed by atoms with Crippen molar-refractivity contribution in [3.8, 4) is 0 Å². The Morgan fingerprint density at radius 3 is 2.76 bits per heavy atom. The number of benzene rings is 1. The zero-order valence-corrected chi connectivity index (χ0v) is 21.9. The smallest absolute Gasteiger partial charge is 0.263 e. The lowest BCUT2D eigenvalue weighted by atomic mass is 9.88. The molecule has 7 rings (SSSR count). The molecule has 1 aromatic carbocycles. The molecular weight excluding hydrogens is 482 g/mol. The third-order valence-electron chi connectivity index (χ3n) is 9.67. The number of piperidine rings is 1. The Morgan fingerprint density at radius 2 is 2.03 bits per heavy atom. The second-order valence-electron chi connectivity index (χ2n) is 11.9. The minimum atomic E-state index is -0.215. The molecule has 3 amide bonds. The van der Waals surface area contributed by atoms with E-state index in [-0.39, 0.29) is 30.2 Å². The third kappa shape index (κ3) is 3.54. The molecule has 9 nitrogen and oxygen atoms in total. The Kier molecular flexibility index (Phi) is 5.29. The molecule has 3 heterocycles. The summed E-state index contributed by atoms with van der Waals surface area (Å²) < 4.78 is 5.44. The van der Waals surface area contributed by atoms with E-state index in [1.165, 1.54) is 17.7 Å². The highest BCUT2D eigenvalue weighted by Crippen LogP contribution is 2.70. The molecule has 1 spiro atoms. The molecule has 4 atom stereocenters. The van der Waals surface area contributed by atoms with E-state index in [1.807, 2.05) is 12.1 Å². The number of rotatable bonds is 6. The quantitative estimate of drug-likeness (QED) is 0.429. The van der Waals surface area contributed by atoms with Crippen molar-refractivity contribution < 1.29 is 18.8 Å². The molecule has 0 radical (unpaired) electrons. The van der Waals surface area contributed by atoms with E-state index in [4.69, 9.17) is 4.42 Å². The van der Waals surface area contributed by atoms with Gasteiger partial charge in [-0.1, -0.05) is 18.2 Å². The van der Waals surface area contributed by atoms with Crippen molar-refractivity contribution in [2.75, 3.05) is 31.6 Å². The molecule has 38 heavy (non-hydrogen) atoms. The summed E-state index contributed by atoms with van der Waals surface area (Å²) in [5.41, 5.74) is 2.19. The number of nitrogens with zero attached hydrogens (tertiary/aromatic N) is 5. The summed E-state index contributed by atoms with van der Waals surface area (Å²) in [5, 5.41) is 7.84. The van der Waals surface area contributed by atoms with Crippen LogP contribution in [0.3, 0.4) is 0 Å². The lowest BCUT2D eigenvalue weighted by Gasteiger charge is -2.36. The lowest BCUT2D eigenvalue weighted by molar-refractivity contribution is -0.135. The predicted octanol–water partition coefficient (Wildman–Crippen LogP) is 3.45. The number of anilines is 1. The molecule has 1 aromatic heterocycles. The van der Waals surface area contributed by atoms with Crippen LogP contribution in [0, 0.1) is 36.0 Å². The number of hydrogen-bond donors (Lipinski definition) is 0. The summed E-state index contributed by atoms with van der Waals surface area (Å²) in [6.07, 6.45) is 9.94. The van der Waals surface area contributed by atoms with Gasteiger partial charge in [0.25, 0.3) is 11.8 Å². The maximum absolute atomic E-state index is 13.7. The van der Waals surface area contributed by atoms with Crippen LogP contribution in [-0.4, -0.2) is 64.4 Å². The van der Waals surface area contributed by atoms with Crippen LogP contribution in [-0.2, 0) is 11.3 Å². The number of amides is 3. The Labute approximate surface area is 221 Å². The molecular formula is C29H33N5O4. The van der Waals surface area contributed by atoms with Crippen LogP contribution in [0.15, 0.2) is 34.8 Å². The van der Waals surface area contributed by atoms with Gasteiger partial charge in [0.1, 0.15) is 0 Å². The van der Waals surface area contributed by atoms with E-state index >= 15 is 0 Å². The second kappa shape index (κ2) is 8.51. The Balaban J connectivity index is 1.08. The van der Waals surface area contributed by atoms with Gasteiger partial charge in [-0.2, -0.15) is 0 Å². The maximum atomic E-state index is 13.7. The van der Waals surface area contributed by atoms with Gasteiger partial charge in [-0.3, -0.25) is 19.3 Å². The summed E-state index contributed by atoms with van der Waals surface area (Å²) in [6.45, 7) is 3.73. The molecule has 198 valence electrons. The van der Waals surface area contributed by atoms with Crippen molar-refractivity contribution in [1.82, 2.24) is 20.0 Å². The Morgan fingerprint density at radius 1 is 1.18 bits per heavy atom. The zero-order chi connectivity index (χ0) is 26.2. The van der Waals surface area contributed by atoms with Crippen molar-refractivity contribution in [1.29, 1.82) is 0 Å². The van der Waals surface area contributed by atoms with Crippen LogP contribution >= 0.6 is 0 Å². The molecule has 1 saturated heterocycles. The van der Waals surface area contributed by atoms with Crippen molar-refractivity contribution in [2.45, 2.75) is 45.6 Å². The highest BCUT2D eigenvalue weighted by atomic mass is 16.4. The van der Waals surface area contributed by atoms with Gasteiger partial charge in [-0.25, -0.2) is 0 Å². The lowest BCUT2D eigenvalue weighted by Crippen LogP contribution is -2.44. The van der Waals surface area contributed by atoms with Crippen molar-refractivity contribution in [3.05, 3.63) is 53.3 Å². The summed E-state index contributed by atoms with van der Waals surface area (Å²) in [4.78, 5) is 45.7. The fourth-order valence-corrected chi connectivity index (χ4v) is 7.70. The van der Waals surface area contributed by atoms with Crippen molar-refractivity contribution >= 4 is 23.4 Å². The fraction of sp³-hybridized carbons (Fsp3) is 0.552. The standard InChI is InChI=1S/C29H33N5O4/c1-17-30-31-24(38-17)16-32(2)26(35)18-5-4-12-33(14-18)23-7-3-6-21-25(23)28(37)34(27(21)36)15-19-13-20-8-9-22(19)29(20)10-11-29/h3,6-9,18-20,22H,4-5,10-16H2,1-2H3/t18-,19+,20+,22+/m0/s1. The molecule has 9 heteroatoms. The molecule has 0 unspecified atom stereocenters. The van der Waals surface area contributed by atoms with E-state index in [0.29, 0.717) is 59.2 Å². The number of carbonyl (C=O) groups is 3. The average Bonchev–Trinajstić information content (AvgIpc) is 3.31. The van der Waals surface area contributed by atoms with Crippen LogP contribution < -0.4 is 4.90 Å². The molecule has 0 N–H and O–H groups in total. The Hall–Kier alpha value is -3.49. The van der Waals surface area contributed by atoms with Crippen LogP contribution in [0.2, 0.25) is 0 Å². The van der Waals surface area contributed by atoms with Gasteiger partial charge < -0.3 is 14.2 Å². The van der Waals surface area contributed by atoms with Crippen LogP contribution in [0.4, 0.5) is 5.69 Å².